The van der Waals surface area contributed by atoms with Gasteiger partial charge in [-0.05, 0) is 44.6 Å². The Kier molecular flexibility index (Phi) is 5.90. The fourth-order valence-electron chi connectivity index (χ4n) is 4.00. The Balaban J connectivity index is 1.83. The third-order valence-electron chi connectivity index (χ3n) is 5.37. The molecule has 1 saturated heterocycles. The van der Waals surface area contributed by atoms with Crippen molar-refractivity contribution in [1.29, 1.82) is 0 Å². The molecule has 21 heavy (non-hydrogen) atoms. The van der Waals surface area contributed by atoms with E-state index in [-0.39, 0.29) is 11.0 Å². The summed E-state index contributed by atoms with van der Waals surface area (Å²) in [6.07, 6.45) is 12.9. The predicted octanol–water partition coefficient (Wildman–Crippen LogP) is 4.70. The normalized spacial score (nSPS) is 27.9. The topological polar surface area (TPSA) is 21.3 Å². The van der Waals surface area contributed by atoms with Crippen LogP contribution in [0.25, 0.3) is 0 Å². The smallest absolute Gasteiger partial charge is 0.0687 e. The first-order valence-electron chi connectivity index (χ1n) is 8.99. The maximum absolute atomic E-state index is 6.54. The maximum atomic E-state index is 6.54. The lowest BCUT2D eigenvalue weighted by molar-refractivity contribution is -0.0727. The van der Waals surface area contributed by atoms with Gasteiger partial charge in [-0.25, -0.2) is 0 Å². The van der Waals surface area contributed by atoms with Crippen molar-refractivity contribution in [2.45, 2.75) is 83.8 Å². The summed E-state index contributed by atoms with van der Waals surface area (Å²) in [5.74, 6) is 0.701. The van der Waals surface area contributed by atoms with Gasteiger partial charge in [0.05, 0.1) is 11.7 Å². The van der Waals surface area contributed by atoms with Crippen LogP contribution in [0.1, 0.15) is 72.1 Å². The molecule has 0 amide bonds. The summed E-state index contributed by atoms with van der Waals surface area (Å²) in [4.78, 5) is 0. The average molecular weight is 293 g/mol. The lowest BCUT2D eigenvalue weighted by atomic mass is 9.82. The van der Waals surface area contributed by atoms with Gasteiger partial charge in [0.25, 0.3) is 0 Å². The van der Waals surface area contributed by atoms with Crippen LogP contribution in [0, 0.1) is 11.3 Å². The lowest BCUT2D eigenvalue weighted by Crippen LogP contribution is -2.36. The van der Waals surface area contributed by atoms with Crippen molar-refractivity contribution in [2.24, 2.45) is 11.3 Å². The molecule has 2 nitrogen and oxygen atoms in total. The molecule has 1 N–H and O–H groups in total. The van der Waals surface area contributed by atoms with Gasteiger partial charge < -0.3 is 10.1 Å². The third kappa shape index (κ3) is 4.82. The minimum Gasteiger partial charge on any atom is -0.372 e. The van der Waals surface area contributed by atoms with Crippen LogP contribution in [0.5, 0.6) is 0 Å². The minimum atomic E-state index is 0.153. The summed E-state index contributed by atoms with van der Waals surface area (Å²) in [5.41, 5.74) is 0.399. The standard InChI is InChI=1S/C19H35NO/c1-5-18(4,15-20-14-16(2)3)13-17-9-12-19(21-17)10-7-6-8-11-19/h5,16-17,20H,1,6-15H2,2-4H3. The first-order chi connectivity index (χ1) is 9.97. The Labute approximate surface area is 131 Å². The molecule has 0 aromatic rings. The molecule has 0 aromatic carbocycles. The highest BCUT2D eigenvalue weighted by Crippen LogP contribution is 2.44. The summed E-state index contributed by atoms with van der Waals surface area (Å²) in [6, 6.07) is 0. The van der Waals surface area contributed by atoms with Crippen molar-refractivity contribution in [2.75, 3.05) is 13.1 Å². The second kappa shape index (κ2) is 7.28. The predicted molar refractivity (Wildman–Crippen MR) is 90.6 cm³/mol. The Morgan fingerprint density at radius 2 is 2.00 bits per heavy atom. The SMILES string of the molecule is C=CC(C)(CNCC(C)C)CC1CCC2(CCCCC2)O1. The van der Waals surface area contributed by atoms with E-state index < -0.39 is 0 Å². The molecule has 1 heterocycles. The van der Waals surface area contributed by atoms with E-state index in [1.54, 1.807) is 0 Å². The van der Waals surface area contributed by atoms with Crippen LogP contribution in [-0.2, 0) is 4.74 Å². The number of nitrogens with one attached hydrogen (secondary N) is 1. The van der Waals surface area contributed by atoms with E-state index >= 15 is 0 Å². The molecule has 2 rings (SSSR count). The molecule has 1 spiro atoms. The van der Waals surface area contributed by atoms with E-state index in [1.165, 1.54) is 44.9 Å². The second-order valence-electron chi connectivity index (χ2n) is 8.11. The highest BCUT2D eigenvalue weighted by molar-refractivity contribution is 4.98. The Morgan fingerprint density at radius 1 is 1.29 bits per heavy atom. The van der Waals surface area contributed by atoms with Crippen molar-refractivity contribution in [3.8, 4) is 0 Å². The van der Waals surface area contributed by atoms with E-state index in [0.29, 0.717) is 12.0 Å². The molecular weight excluding hydrogens is 258 g/mol. The van der Waals surface area contributed by atoms with Gasteiger partial charge in [0.15, 0.2) is 0 Å². The monoisotopic (exact) mass is 293 g/mol. The highest BCUT2D eigenvalue weighted by Gasteiger charge is 2.42. The van der Waals surface area contributed by atoms with Crippen molar-refractivity contribution < 1.29 is 4.74 Å². The van der Waals surface area contributed by atoms with Crippen molar-refractivity contribution in [3.63, 3.8) is 0 Å². The highest BCUT2D eigenvalue weighted by atomic mass is 16.5. The van der Waals surface area contributed by atoms with E-state index in [0.717, 1.165) is 19.5 Å². The fraction of sp³-hybridized carbons (Fsp3) is 0.895. The van der Waals surface area contributed by atoms with Crippen LogP contribution in [0.4, 0.5) is 0 Å². The van der Waals surface area contributed by atoms with Crippen molar-refractivity contribution in [1.82, 2.24) is 5.32 Å². The molecule has 1 saturated carbocycles. The summed E-state index contributed by atoms with van der Waals surface area (Å²) >= 11 is 0. The first-order valence-corrected chi connectivity index (χ1v) is 8.99. The molecule has 0 bridgehead atoms. The summed E-state index contributed by atoms with van der Waals surface area (Å²) in [6.45, 7) is 13.0. The molecule has 2 aliphatic rings. The van der Waals surface area contributed by atoms with Crippen LogP contribution >= 0.6 is 0 Å². The van der Waals surface area contributed by atoms with E-state index in [1.807, 2.05) is 0 Å². The summed E-state index contributed by atoms with van der Waals surface area (Å²) < 4.78 is 6.54. The average Bonchev–Trinajstić information content (AvgIpc) is 2.81. The molecule has 1 aliphatic carbocycles. The van der Waals surface area contributed by atoms with E-state index in [4.69, 9.17) is 4.74 Å². The van der Waals surface area contributed by atoms with Gasteiger partial charge in [0.1, 0.15) is 0 Å². The lowest BCUT2D eigenvalue weighted by Gasteiger charge is -2.35. The van der Waals surface area contributed by atoms with Gasteiger partial charge in [-0.15, -0.1) is 6.58 Å². The molecule has 2 fully saturated rings. The first kappa shape index (κ1) is 17.0. The van der Waals surface area contributed by atoms with Crippen LogP contribution in [0.3, 0.4) is 0 Å². The molecule has 0 radical (unpaired) electrons. The molecule has 0 aromatic heterocycles. The van der Waals surface area contributed by atoms with Crippen LogP contribution in [-0.4, -0.2) is 24.8 Å². The number of rotatable bonds is 7. The Bertz CT molecular complexity index is 332. The van der Waals surface area contributed by atoms with Crippen LogP contribution < -0.4 is 5.32 Å². The quantitative estimate of drug-likeness (QED) is 0.687. The second-order valence-corrected chi connectivity index (χ2v) is 8.11. The summed E-state index contributed by atoms with van der Waals surface area (Å²) in [7, 11) is 0. The molecule has 2 atom stereocenters. The van der Waals surface area contributed by atoms with Gasteiger partial charge in [0, 0.05) is 12.0 Å². The Hall–Kier alpha value is -0.340. The zero-order chi connectivity index (χ0) is 15.3. The third-order valence-corrected chi connectivity index (χ3v) is 5.37. The maximum Gasteiger partial charge on any atom is 0.0687 e. The van der Waals surface area contributed by atoms with Crippen LogP contribution in [0.2, 0.25) is 0 Å². The van der Waals surface area contributed by atoms with Gasteiger partial charge >= 0.3 is 0 Å². The van der Waals surface area contributed by atoms with Gasteiger partial charge in [-0.2, -0.15) is 0 Å². The minimum absolute atomic E-state index is 0.153. The zero-order valence-corrected chi connectivity index (χ0v) is 14.4. The molecule has 1 aliphatic heterocycles. The Morgan fingerprint density at radius 3 is 2.62 bits per heavy atom. The van der Waals surface area contributed by atoms with E-state index in [2.05, 4.69) is 38.7 Å². The molecule has 2 unspecified atom stereocenters. The largest absolute Gasteiger partial charge is 0.372 e. The zero-order valence-electron chi connectivity index (χ0n) is 14.4. The summed E-state index contributed by atoms with van der Waals surface area (Å²) in [5, 5.41) is 3.59. The van der Waals surface area contributed by atoms with E-state index in [9.17, 15) is 0 Å². The van der Waals surface area contributed by atoms with Crippen molar-refractivity contribution in [3.05, 3.63) is 12.7 Å². The van der Waals surface area contributed by atoms with Gasteiger partial charge in [0.2, 0.25) is 0 Å². The van der Waals surface area contributed by atoms with Crippen molar-refractivity contribution >= 4 is 0 Å². The molecule has 122 valence electrons. The number of ether oxygens (including phenoxy) is 1. The fourth-order valence-corrected chi connectivity index (χ4v) is 4.00. The molecular formula is C19H35NO. The van der Waals surface area contributed by atoms with Crippen LogP contribution in [0.15, 0.2) is 12.7 Å². The van der Waals surface area contributed by atoms with Gasteiger partial charge in [-0.3, -0.25) is 0 Å². The number of hydrogen-bond acceptors (Lipinski definition) is 2. The molecule has 2 heteroatoms. The number of hydrogen-bond donors (Lipinski definition) is 1. The van der Waals surface area contributed by atoms with Gasteiger partial charge in [-0.1, -0.05) is 46.1 Å².